The van der Waals surface area contributed by atoms with Crippen LogP contribution >= 0.6 is 0 Å². The summed E-state index contributed by atoms with van der Waals surface area (Å²) in [5, 5.41) is 13.2. The Kier molecular flexibility index (Phi) is 5.24. The van der Waals surface area contributed by atoms with E-state index in [4.69, 9.17) is 4.74 Å². The number of methoxy groups -OCH3 is 1. The number of nitrogens with one attached hydrogen (secondary N) is 1. The summed E-state index contributed by atoms with van der Waals surface area (Å²) >= 11 is 0. The smallest absolute Gasteiger partial charge is 0.306 e. The van der Waals surface area contributed by atoms with Crippen LogP contribution in [0.4, 0.5) is 15.8 Å². The maximum Gasteiger partial charge on any atom is 0.306 e. The van der Waals surface area contributed by atoms with Gasteiger partial charge in [-0.15, -0.1) is 0 Å². The van der Waals surface area contributed by atoms with Gasteiger partial charge in [0.1, 0.15) is 5.75 Å². The summed E-state index contributed by atoms with van der Waals surface area (Å²) in [7, 11) is 1.57. The largest absolute Gasteiger partial charge is 0.497 e. The van der Waals surface area contributed by atoms with Crippen LogP contribution in [-0.4, -0.2) is 17.9 Å². The van der Waals surface area contributed by atoms with Crippen molar-refractivity contribution in [1.29, 1.82) is 0 Å². The molecular formula is C16H15FN2O4. The summed E-state index contributed by atoms with van der Waals surface area (Å²) in [4.78, 5) is 21.7. The summed E-state index contributed by atoms with van der Waals surface area (Å²) in [6.07, 6.45) is 0.719. The van der Waals surface area contributed by atoms with Crippen LogP contribution in [0.1, 0.15) is 12.0 Å². The van der Waals surface area contributed by atoms with Crippen LogP contribution in [0.25, 0.3) is 0 Å². The lowest BCUT2D eigenvalue weighted by molar-refractivity contribution is -0.387. The normalized spacial score (nSPS) is 10.2. The first-order chi connectivity index (χ1) is 11.0. The highest BCUT2D eigenvalue weighted by atomic mass is 19.1. The van der Waals surface area contributed by atoms with Crippen LogP contribution in [0.5, 0.6) is 5.75 Å². The van der Waals surface area contributed by atoms with E-state index in [1.165, 1.54) is 6.07 Å². The van der Waals surface area contributed by atoms with Crippen molar-refractivity contribution >= 4 is 17.3 Å². The van der Waals surface area contributed by atoms with Crippen molar-refractivity contribution in [3.05, 3.63) is 64.0 Å². The van der Waals surface area contributed by atoms with Gasteiger partial charge in [0, 0.05) is 18.2 Å². The zero-order valence-corrected chi connectivity index (χ0v) is 12.4. The van der Waals surface area contributed by atoms with Crippen LogP contribution < -0.4 is 10.1 Å². The fourth-order valence-corrected chi connectivity index (χ4v) is 2.00. The quantitative estimate of drug-likeness (QED) is 0.654. The average molecular weight is 318 g/mol. The Morgan fingerprint density at radius 2 is 1.96 bits per heavy atom. The summed E-state index contributed by atoms with van der Waals surface area (Å²) in [5.74, 6) is -0.509. The van der Waals surface area contributed by atoms with Crippen LogP contribution in [0, 0.1) is 15.9 Å². The Hall–Kier alpha value is -2.96. The van der Waals surface area contributed by atoms with Gasteiger partial charge in [-0.05, 0) is 36.2 Å². The molecule has 0 fully saturated rings. The van der Waals surface area contributed by atoms with Crippen molar-refractivity contribution in [2.24, 2.45) is 0 Å². The Balaban J connectivity index is 1.94. The van der Waals surface area contributed by atoms with E-state index in [0.29, 0.717) is 6.42 Å². The molecule has 2 aromatic carbocycles. The standard InChI is InChI=1S/C16H15FN2O4/c1-23-13-6-2-11(3-7-13)4-9-16(20)18-12-5-8-14(17)15(10-12)19(21)22/h2-3,5-8,10H,4,9H2,1H3,(H,18,20). The number of nitro benzene ring substituents is 1. The number of aryl methyl sites for hydroxylation is 1. The Morgan fingerprint density at radius 1 is 1.26 bits per heavy atom. The van der Waals surface area contributed by atoms with E-state index in [0.717, 1.165) is 23.4 Å². The number of rotatable bonds is 6. The molecule has 2 aromatic rings. The molecule has 0 aromatic heterocycles. The zero-order chi connectivity index (χ0) is 16.8. The highest BCUT2D eigenvalue weighted by Gasteiger charge is 2.15. The number of amides is 1. The van der Waals surface area contributed by atoms with Crippen molar-refractivity contribution in [2.75, 3.05) is 12.4 Å². The van der Waals surface area contributed by atoms with E-state index in [2.05, 4.69) is 5.32 Å². The number of hydrogen-bond acceptors (Lipinski definition) is 4. The van der Waals surface area contributed by atoms with E-state index < -0.39 is 16.4 Å². The maximum atomic E-state index is 13.2. The molecule has 0 aliphatic carbocycles. The molecule has 0 saturated heterocycles. The van der Waals surface area contributed by atoms with E-state index >= 15 is 0 Å². The van der Waals surface area contributed by atoms with Crippen molar-refractivity contribution in [1.82, 2.24) is 0 Å². The number of nitrogens with zero attached hydrogens (tertiary/aromatic N) is 1. The molecule has 2 rings (SSSR count). The van der Waals surface area contributed by atoms with Crippen molar-refractivity contribution in [3.63, 3.8) is 0 Å². The monoisotopic (exact) mass is 318 g/mol. The lowest BCUT2D eigenvalue weighted by atomic mass is 10.1. The molecule has 1 amide bonds. The predicted octanol–water partition coefficient (Wildman–Crippen LogP) is 3.31. The van der Waals surface area contributed by atoms with Gasteiger partial charge in [0.2, 0.25) is 11.7 Å². The van der Waals surface area contributed by atoms with Gasteiger partial charge in [-0.2, -0.15) is 4.39 Å². The van der Waals surface area contributed by atoms with Gasteiger partial charge in [-0.25, -0.2) is 0 Å². The first-order valence-corrected chi connectivity index (χ1v) is 6.86. The fraction of sp³-hybridized carbons (Fsp3) is 0.188. The molecule has 0 aliphatic rings. The van der Waals surface area contributed by atoms with Gasteiger partial charge in [-0.3, -0.25) is 14.9 Å². The molecule has 0 radical (unpaired) electrons. The lowest BCUT2D eigenvalue weighted by Gasteiger charge is -2.06. The first-order valence-electron chi connectivity index (χ1n) is 6.86. The molecule has 0 unspecified atom stereocenters. The van der Waals surface area contributed by atoms with Crippen LogP contribution in [-0.2, 0) is 11.2 Å². The van der Waals surface area contributed by atoms with Crippen LogP contribution in [0.2, 0.25) is 0 Å². The number of benzene rings is 2. The van der Waals surface area contributed by atoms with Crippen LogP contribution in [0.15, 0.2) is 42.5 Å². The number of nitro groups is 1. The van der Waals surface area contributed by atoms with Gasteiger partial charge in [0.25, 0.3) is 0 Å². The topological polar surface area (TPSA) is 81.5 Å². The molecule has 23 heavy (non-hydrogen) atoms. The third kappa shape index (κ3) is 4.50. The third-order valence-corrected chi connectivity index (χ3v) is 3.23. The minimum atomic E-state index is -0.939. The molecule has 0 bridgehead atoms. The highest BCUT2D eigenvalue weighted by Crippen LogP contribution is 2.22. The van der Waals surface area contributed by atoms with E-state index in [9.17, 15) is 19.3 Å². The number of halogens is 1. The molecule has 0 heterocycles. The highest BCUT2D eigenvalue weighted by molar-refractivity contribution is 5.91. The van der Waals surface area contributed by atoms with E-state index in [1.54, 1.807) is 19.2 Å². The fourth-order valence-electron chi connectivity index (χ4n) is 2.00. The maximum absolute atomic E-state index is 13.2. The summed E-state index contributed by atoms with van der Waals surface area (Å²) < 4.78 is 18.3. The van der Waals surface area contributed by atoms with Gasteiger partial charge < -0.3 is 10.1 Å². The predicted molar refractivity (Wildman–Crippen MR) is 83.0 cm³/mol. The second kappa shape index (κ2) is 7.35. The first kappa shape index (κ1) is 16.4. The van der Waals surface area contributed by atoms with Gasteiger partial charge in [0.05, 0.1) is 12.0 Å². The Bertz CT molecular complexity index is 717. The number of ether oxygens (including phenoxy) is 1. The Morgan fingerprint density at radius 3 is 2.57 bits per heavy atom. The number of carbonyl (C=O) groups excluding carboxylic acids is 1. The molecular weight excluding hydrogens is 303 g/mol. The average Bonchev–Trinajstić information content (AvgIpc) is 2.55. The number of carbonyl (C=O) groups is 1. The molecule has 0 spiro atoms. The van der Waals surface area contributed by atoms with E-state index in [-0.39, 0.29) is 18.0 Å². The minimum Gasteiger partial charge on any atom is -0.497 e. The zero-order valence-electron chi connectivity index (χ0n) is 12.4. The SMILES string of the molecule is COc1ccc(CCC(=O)Nc2ccc(F)c([N+](=O)[O-])c2)cc1. The minimum absolute atomic E-state index is 0.192. The van der Waals surface area contributed by atoms with Crippen molar-refractivity contribution < 1.29 is 18.8 Å². The molecule has 1 N–H and O–H groups in total. The van der Waals surface area contributed by atoms with E-state index in [1.807, 2.05) is 12.1 Å². The molecule has 0 aliphatic heterocycles. The van der Waals surface area contributed by atoms with Gasteiger partial charge >= 0.3 is 5.69 Å². The summed E-state index contributed by atoms with van der Waals surface area (Å²) in [6, 6.07) is 10.6. The molecule has 6 nitrogen and oxygen atoms in total. The summed E-state index contributed by atoms with van der Waals surface area (Å²) in [6.45, 7) is 0. The Labute approximate surface area is 132 Å². The van der Waals surface area contributed by atoms with Gasteiger partial charge in [-0.1, -0.05) is 12.1 Å². The third-order valence-electron chi connectivity index (χ3n) is 3.23. The van der Waals surface area contributed by atoms with Gasteiger partial charge in [0.15, 0.2) is 0 Å². The lowest BCUT2D eigenvalue weighted by Crippen LogP contribution is -2.12. The van der Waals surface area contributed by atoms with Crippen molar-refractivity contribution in [2.45, 2.75) is 12.8 Å². The number of anilines is 1. The molecule has 7 heteroatoms. The van der Waals surface area contributed by atoms with Crippen molar-refractivity contribution in [3.8, 4) is 5.75 Å². The summed E-state index contributed by atoms with van der Waals surface area (Å²) in [5.41, 5.74) is 0.488. The number of hydrogen-bond donors (Lipinski definition) is 1. The van der Waals surface area contributed by atoms with Crippen LogP contribution in [0.3, 0.4) is 0 Å². The second-order valence-electron chi connectivity index (χ2n) is 4.82. The second-order valence-corrected chi connectivity index (χ2v) is 4.82. The molecule has 0 saturated carbocycles. The molecule has 0 atom stereocenters. The molecule has 120 valence electrons.